The van der Waals surface area contributed by atoms with Crippen LogP contribution < -0.4 is 0 Å². The van der Waals surface area contributed by atoms with Gasteiger partial charge in [0.1, 0.15) is 0 Å². The standard InChI is InChI=1S/C19H22N2O3S/c1-13-17(25-12-20-13)8-9-18(22)21-10-2-3-16(11-21)14-4-6-15(7-5-14)19(23)24/h4-7,12,16H,2-3,8-11H2,1H3,(H,23,24)/t16-/m0/s1. The topological polar surface area (TPSA) is 70.5 Å². The average molecular weight is 358 g/mol. The van der Waals surface area contributed by atoms with Crippen molar-refractivity contribution >= 4 is 23.2 Å². The summed E-state index contributed by atoms with van der Waals surface area (Å²) in [7, 11) is 0. The maximum atomic E-state index is 12.6. The largest absolute Gasteiger partial charge is 0.478 e. The molecule has 1 aliphatic rings. The number of aromatic carboxylic acids is 1. The van der Waals surface area contributed by atoms with E-state index in [0.717, 1.165) is 37.1 Å². The molecule has 1 N–H and O–H groups in total. The SMILES string of the molecule is Cc1ncsc1CCC(=O)N1CCC[C@H](c2ccc(C(=O)O)cc2)C1. The van der Waals surface area contributed by atoms with Crippen molar-refractivity contribution in [2.24, 2.45) is 0 Å². The molecule has 3 rings (SSSR count). The molecule has 1 aliphatic heterocycles. The van der Waals surface area contributed by atoms with Gasteiger partial charge in [-0.2, -0.15) is 0 Å². The van der Waals surface area contributed by atoms with Crippen molar-refractivity contribution in [2.45, 2.75) is 38.5 Å². The fourth-order valence-corrected chi connectivity index (χ4v) is 4.10. The normalized spacial score (nSPS) is 17.5. The number of hydrogen-bond acceptors (Lipinski definition) is 4. The number of hydrogen-bond donors (Lipinski definition) is 1. The van der Waals surface area contributed by atoms with E-state index in [-0.39, 0.29) is 11.8 Å². The second kappa shape index (κ2) is 7.78. The highest BCUT2D eigenvalue weighted by Gasteiger charge is 2.24. The molecular formula is C19H22N2O3S. The Hall–Kier alpha value is -2.21. The van der Waals surface area contributed by atoms with Crippen molar-refractivity contribution in [3.05, 3.63) is 51.5 Å². The molecule has 25 heavy (non-hydrogen) atoms. The quantitative estimate of drug-likeness (QED) is 0.888. The predicted molar refractivity (Wildman–Crippen MR) is 97.1 cm³/mol. The van der Waals surface area contributed by atoms with E-state index >= 15 is 0 Å². The number of thiazole rings is 1. The van der Waals surface area contributed by atoms with Gasteiger partial charge >= 0.3 is 5.97 Å². The second-order valence-corrected chi connectivity index (χ2v) is 7.41. The van der Waals surface area contributed by atoms with Crippen molar-refractivity contribution in [1.82, 2.24) is 9.88 Å². The van der Waals surface area contributed by atoms with E-state index < -0.39 is 5.97 Å². The van der Waals surface area contributed by atoms with Crippen LogP contribution in [0.4, 0.5) is 0 Å². The third-order valence-corrected chi connectivity index (χ3v) is 5.81. The maximum absolute atomic E-state index is 12.6. The van der Waals surface area contributed by atoms with Crippen molar-refractivity contribution < 1.29 is 14.7 Å². The first-order valence-electron chi connectivity index (χ1n) is 8.54. The summed E-state index contributed by atoms with van der Waals surface area (Å²) in [5, 5.41) is 9.00. The molecule has 132 valence electrons. The second-order valence-electron chi connectivity index (χ2n) is 6.47. The fraction of sp³-hybridized carbons (Fsp3) is 0.421. The van der Waals surface area contributed by atoms with Crippen LogP contribution >= 0.6 is 11.3 Å². The Kier molecular flexibility index (Phi) is 5.48. The van der Waals surface area contributed by atoms with Gasteiger partial charge in [-0.25, -0.2) is 9.78 Å². The first-order valence-corrected chi connectivity index (χ1v) is 9.42. The van der Waals surface area contributed by atoms with Crippen molar-refractivity contribution in [2.75, 3.05) is 13.1 Å². The molecule has 0 radical (unpaired) electrons. The Morgan fingerprint density at radius 2 is 2.08 bits per heavy atom. The Bertz CT molecular complexity index is 754. The van der Waals surface area contributed by atoms with Gasteiger partial charge < -0.3 is 10.0 Å². The minimum atomic E-state index is -0.912. The number of piperidine rings is 1. The highest BCUT2D eigenvalue weighted by Crippen LogP contribution is 2.28. The van der Waals surface area contributed by atoms with E-state index in [1.54, 1.807) is 23.5 Å². The van der Waals surface area contributed by atoms with Gasteiger partial charge in [0.05, 0.1) is 16.8 Å². The number of carbonyl (C=O) groups excluding carboxylic acids is 1. The molecule has 1 aromatic carbocycles. The number of aromatic nitrogens is 1. The van der Waals surface area contributed by atoms with Crippen LogP contribution in [-0.2, 0) is 11.2 Å². The lowest BCUT2D eigenvalue weighted by atomic mass is 9.90. The van der Waals surface area contributed by atoms with Gasteiger partial charge in [0.2, 0.25) is 5.91 Å². The zero-order valence-corrected chi connectivity index (χ0v) is 15.1. The van der Waals surface area contributed by atoms with Crippen LogP contribution in [0.3, 0.4) is 0 Å². The summed E-state index contributed by atoms with van der Waals surface area (Å²) in [6, 6.07) is 7.04. The number of carboxylic acids is 1. The monoisotopic (exact) mass is 358 g/mol. The summed E-state index contributed by atoms with van der Waals surface area (Å²) in [5.41, 5.74) is 4.26. The first kappa shape index (κ1) is 17.6. The van der Waals surface area contributed by atoms with Gasteiger partial charge in [-0.1, -0.05) is 12.1 Å². The summed E-state index contributed by atoms with van der Waals surface area (Å²) in [6.45, 7) is 3.51. The number of carbonyl (C=O) groups is 2. The third-order valence-electron chi connectivity index (χ3n) is 4.81. The molecule has 6 heteroatoms. The lowest BCUT2D eigenvalue weighted by Crippen LogP contribution is -2.39. The van der Waals surface area contributed by atoms with Crippen LogP contribution in [0.1, 0.15) is 51.7 Å². The summed E-state index contributed by atoms with van der Waals surface area (Å²) >= 11 is 1.61. The van der Waals surface area contributed by atoms with Crippen molar-refractivity contribution in [3.63, 3.8) is 0 Å². The number of aryl methyl sites for hydroxylation is 2. The fourth-order valence-electron chi connectivity index (χ4n) is 3.32. The first-order chi connectivity index (χ1) is 12.0. The average Bonchev–Trinajstić information content (AvgIpc) is 3.05. The van der Waals surface area contributed by atoms with Gasteiger partial charge in [0.15, 0.2) is 0 Å². The molecule has 0 spiro atoms. The molecular weight excluding hydrogens is 336 g/mol. The number of rotatable bonds is 5. The van der Waals surface area contributed by atoms with Gasteiger partial charge in [-0.15, -0.1) is 11.3 Å². The number of nitrogens with zero attached hydrogens (tertiary/aromatic N) is 2. The van der Waals surface area contributed by atoms with Crippen molar-refractivity contribution in [1.29, 1.82) is 0 Å². The predicted octanol–water partition coefficient (Wildman–Crippen LogP) is 3.49. The summed E-state index contributed by atoms with van der Waals surface area (Å²) in [4.78, 5) is 30.9. The lowest BCUT2D eigenvalue weighted by molar-refractivity contribution is -0.132. The highest BCUT2D eigenvalue weighted by atomic mass is 32.1. The lowest BCUT2D eigenvalue weighted by Gasteiger charge is -2.33. The van der Waals surface area contributed by atoms with E-state index in [0.29, 0.717) is 18.5 Å². The molecule has 0 bridgehead atoms. The van der Waals surface area contributed by atoms with Gasteiger partial charge in [0, 0.05) is 30.3 Å². The number of benzene rings is 1. The Morgan fingerprint density at radius 1 is 1.32 bits per heavy atom. The maximum Gasteiger partial charge on any atom is 0.335 e. The molecule has 2 aromatic rings. The molecule has 1 saturated heterocycles. The van der Waals surface area contributed by atoms with E-state index in [1.807, 2.05) is 29.5 Å². The van der Waals surface area contributed by atoms with E-state index in [2.05, 4.69) is 4.98 Å². The molecule has 0 saturated carbocycles. The third kappa shape index (κ3) is 4.25. The molecule has 1 atom stereocenters. The molecule has 1 amide bonds. The molecule has 0 aliphatic carbocycles. The van der Waals surface area contributed by atoms with E-state index in [1.165, 1.54) is 4.88 Å². The zero-order valence-electron chi connectivity index (χ0n) is 14.3. The minimum absolute atomic E-state index is 0.194. The Labute approximate surface area is 151 Å². The van der Waals surface area contributed by atoms with Crippen LogP contribution in [-0.4, -0.2) is 40.0 Å². The van der Waals surface area contributed by atoms with Crippen LogP contribution in [0.25, 0.3) is 0 Å². The minimum Gasteiger partial charge on any atom is -0.478 e. The highest BCUT2D eigenvalue weighted by molar-refractivity contribution is 7.09. The van der Waals surface area contributed by atoms with Crippen molar-refractivity contribution in [3.8, 4) is 0 Å². The van der Waals surface area contributed by atoms with E-state index in [4.69, 9.17) is 5.11 Å². The summed E-state index contributed by atoms with van der Waals surface area (Å²) in [6.07, 6.45) is 3.29. The smallest absolute Gasteiger partial charge is 0.335 e. The number of carboxylic acid groups (broad SMARTS) is 1. The van der Waals surface area contributed by atoms with Crippen LogP contribution in [0.2, 0.25) is 0 Å². The molecule has 1 aromatic heterocycles. The van der Waals surface area contributed by atoms with Crippen LogP contribution in [0.15, 0.2) is 29.8 Å². The van der Waals surface area contributed by atoms with Gasteiger partial charge in [0.25, 0.3) is 0 Å². The van der Waals surface area contributed by atoms with Gasteiger partial charge in [-0.05, 0) is 43.9 Å². The molecule has 2 heterocycles. The zero-order chi connectivity index (χ0) is 17.8. The summed E-state index contributed by atoms with van der Waals surface area (Å²) < 4.78 is 0. The number of likely N-dealkylation sites (tertiary alicyclic amines) is 1. The van der Waals surface area contributed by atoms with Crippen LogP contribution in [0, 0.1) is 6.92 Å². The summed E-state index contributed by atoms with van der Waals surface area (Å²) in [5.74, 6) is -0.435. The van der Waals surface area contributed by atoms with Gasteiger partial charge in [-0.3, -0.25) is 4.79 Å². The Balaban J connectivity index is 1.59. The molecule has 0 unspecified atom stereocenters. The molecule has 1 fully saturated rings. The van der Waals surface area contributed by atoms with E-state index in [9.17, 15) is 9.59 Å². The number of amides is 1. The Morgan fingerprint density at radius 3 is 2.72 bits per heavy atom. The molecule has 5 nitrogen and oxygen atoms in total. The van der Waals surface area contributed by atoms with Crippen LogP contribution in [0.5, 0.6) is 0 Å².